The summed E-state index contributed by atoms with van der Waals surface area (Å²) in [5.41, 5.74) is 7.21. The topological polar surface area (TPSA) is 26.0 Å². The van der Waals surface area contributed by atoms with Gasteiger partial charge >= 0.3 is 0 Å². The lowest BCUT2D eigenvalue weighted by Crippen LogP contribution is -2.11. The zero-order chi connectivity index (χ0) is 13.3. The van der Waals surface area contributed by atoms with Crippen LogP contribution < -0.4 is 5.73 Å². The molecule has 6 heteroatoms. The number of hydrogen-bond donors (Lipinski definition) is 1. The average Bonchev–Trinajstić information content (AvgIpc) is 2.65. The minimum atomic E-state index is -0.101. The Bertz CT molecular complexity index is 551. The molecular weight excluding hydrogens is 376 g/mol. The van der Waals surface area contributed by atoms with E-state index in [9.17, 15) is 0 Å². The predicted octanol–water partition coefficient (Wildman–Crippen LogP) is 5.71. The van der Waals surface area contributed by atoms with Crippen LogP contribution in [0.25, 0.3) is 0 Å². The minimum Gasteiger partial charge on any atom is -0.323 e. The number of thiophene rings is 1. The first kappa shape index (κ1) is 14.6. The molecule has 0 saturated carbocycles. The first-order chi connectivity index (χ1) is 8.47. The van der Waals surface area contributed by atoms with E-state index in [-0.39, 0.29) is 6.04 Å². The van der Waals surface area contributed by atoms with Gasteiger partial charge in [0.2, 0.25) is 0 Å². The van der Waals surface area contributed by atoms with Crippen molar-refractivity contribution >= 4 is 62.1 Å². The Morgan fingerprint density at radius 2 is 1.83 bits per heavy atom. The van der Waals surface area contributed by atoms with Gasteiger partial charge in [-0.3, -0.25) is 0 Å². The van der Waals surface area contributed by atoms with Crippen molar-refractivity contribution < 1.29 is 0 Å². The Kier molecular flexibility index (Phi) is 4.98. The van der Waals surface area contributed by atoms with E-state index in [1.807, 2.05) is 18.2 Å². The quantitative estimate of drug-likeness (QED) is 0.719. The molecule has 1 nitrogen and oxygen atoms in total. The molecule has 0 spiro atoms. The first-order valence-electron chi connectivity index (χ1n) is 5.11. The Balaban J connectivity index is 2.15. The molecule has 0 bridgehead atoms. The predicted molar refractivity (Wildman–Crippen MR) is 84.1 cm³/mol. The summed E-state index contributed by atoms with van der Waals surface area (Å²) >= 11 is 22.8. The number of hydrogen-bond acceptors (Lipinski definition) is 2. The fourth-order valence-electron chi connectivity index (χ4n) is 1.57. The fourth-order valence-corrected chi connectivity index (χ4v) is 3.64. The number of halogens is 4. The van der Waals surface area contributed by atoms with Crippen LogP contribution in [0, 0.1) is 0 Å². The van der Waals surface area contributed by atoms with E-state index in [0.29, 0.717) is 21.5 Å². The smallest absolute Gasteiger partial charge is 0.0887 e. The summed E-state index contributed by atoms with van der Waals surface area (Å²) in [5.74, 6) is 0. The molecule has 1 heterocycles. The first-order valence-corrected chi connectivity index (χ1v) is 7.86. The van der Waals surface area contributed by atoms with Crippen molar-refractivity contribution in [3.05, 3.63) is 53.6 Å². The monoisotopic (exact) mass is 383 g/mol. The van der Waals surface area contributed by atoms with Crippen molar-refractivity contribution in [1.82, 2.24) is 0 Å². The zero-order valence-corrected chi connectivity index (χ0v) is 13.8. The highest BCUT2D eigenvalue weighted by molar-refractivity contribution is 9.11. The largest absolute Gasteiger partial charge is 0.323 e. The maximum Gasteiger partial charge on any atom is 0.0887 e. The third kappa shape index (κ3) is 3.41. The van der Waals surface area contributed by atoms with Crippen LogP contribution in [-0.4, -0.2) is 0 Å². The molecule has 18 heavy (non-hydrogen) atoms. The summed E-state index contributed by atoms with van der Waals surface area (Å²) in [7, 11) is 0. The molecule has 2 N–H and O–H groups in total. The molecule has 1 aromatic carbocycles. The van der Waals surface area contributed by atoms with E-state index in [4.69, 9.17) is 40.5 Å². The second-order valence-electron chi connectivity index (χ2n) is 3.83. The minimum absolute atomic E-state index is 0.101. The summed E-state index contributed by atoms with van der Waals surface area (Å²) in [4.78, 5) is 1.04. The van der Waals surface area contributed by atoms with Crippen molar-refractivity contribution in [1.29, 1.82) is 0 Å². The molecule has 2 rings (SSSR count). The molecule has 1 unspecified atom stereocenters. The van der Waals surface area contributed by atoms with Crippen molar-refractivity contribution in [2.24, 2.45) is 5.73 Å². The molecule has 0 aliphatic heterocycles. The van der Waals surface area contributed by atoms with Crippen LogP contribution in [0.15, 0.2) is 28.1 Å². The van der Waals surface area contributed by atoms with Gasteiger partial charge in [-0.2, -0.15) is 0 Å². The highest BCUT2D eigenvalue weighted by atomic mass is 79.9. The molecule has 0 saturated heterocycles. The Morgan fingerprint density at radius 3 is 2.39 bits per heavy atom. The lowest BCUT2D eigenvalue weighted by atomic mass is 10.1. The van der Waals surface area contributed by atoms with Gasteiger partial charge in [-0.15, -0.1) is 11.3 Å². The van der Waals surface area contributed by atoms with E-state index in [1.165, 1.54) is 0 Å². The Morgan fingerprint density at radius 1 is 1.11 bits per heavy atom. The third-order valence-electron chi connectivity index (χ3n) is 2.47. The van der Waals surface area contributed by atoms with Gasteiger partial charge in [0.05, 0.1) is 18.9 Å². The van der Waals surface area contributed by atoms with E-state index < -0.39 is 0 Å². The Labute approximate surface area is 133 Å². The van der Waals surface area contributed by atoms with Crippen LogP contribution in [0.3, 0.4) is 0 Å². The van der Waals surface area contributed by atoms with Crippen LogP contribution in [-0.2, 0) is 6.42 Å². The van der Waals surface area contributed by atoms with Gasteiger partial charge in [-0.05, 0) is 46.1 Å². The van der Waals surface area contributed by atoms with Crippen LogP contribution in [0.5, 0.6) is 0 Å². The standard InChI is InChI=1S/C12H9BrCl3NS/c13-12-9(16)5-11(18-12)10(17)4-6-1-2-7(14)8(15)3-6/h1-3,5,10H,4,17H2. The second kappa shape index (κ2) is 6.12. The van der Waals surface area contributed by atoms with Crippen LogP contribution >= 0.6 is 62.1 Å². The highest BCUT2D eigenvalue weighted by Crippen LogP contribution is 2.35. The summed E-state index contributed by atoms with van der Waals surface area (Å²) in [5, 5.41) is 1.79. The van der Waals surface area contributed by atoms with Crippen molar-refractivity contribution in [2.45, 2.75) is 12.5 Å². The van der Waals surface area contributed by atoms with Gasteiger partial charge in [0, 0.05) is 10.9 Å². The number of benzene rings is 1. The van der Waals surface area contributed by atoms with Crippen molar-refractivity contribution in [2.75, 3.05) is 0 Å². The summed E-state index contributed by atoms with van der Waals surface area (Å²) in [6.07, 6.45) is 0.695. The Hall–Kier alpha value is 0.230. The number of rotatable bonds is 3. The number of nitrogens with two attached hydrogens (primary N) is 1. The van der Waals surface area contributed by atoms with Crippen LogP contribution in [0.1, 0.15) is 16.5 Å². The lowest BCUT2D eigenvalue weighted by molar-refractivity contribution is 0.736. The van der Waals surface area contributed by atoms with Gasteiger partial charge in [0.15, 0.2) is 0 Å². The summed E-state index contributed by atoms with van der Waals surface area (Å²) < 4.78 is 0.906. The molecule has 0 aliphatic rings. The molecule has 2 aromatic rings. The van der Waals surface area contributed by atoms with Gasteiger partial charge in [-0.25, -0.2) is 0 Å². The SMILES string of the molecule is NC(Cc1ccc(Cl)c(Cl)c1)c1cc(Cl)c(Br)s1. The van der Waals surface area contributed by atoms with Crippen LogP contribution in [0.2, 0.25) is 15.1 Å². The maximum absolute atomic E-state index is 6.15. The molecular formula is C12H9BrCl3NS. The van der Waals surface area contributed by atoms with Gasteiger partial charge in [0.1, 0.15) is 0 Å². The van der Waals surface area contributed by atoms with E-state index in [1.54, 1.807) is 17.4 Å². The molecule has 0 amide bonds. The van der Waals surface area contributed by atoms with E-state index in [0.717, 1.165) is 14.2 Å². The van der Waals surface area contributed by atoms with Gasteiger partial charge in [-0.1, -0.05) is 40.9 Å². The summed E-state index contributed by atoms with van der Waals surface area (Å²) in [6, 6.07) is 7.34. The molecule has 0 aliphatic carbocycles. The van der Waals surface area contributed by atoms with Crippen molar-refractivity contribution in [3.63, 3.8) is 0 Å². The lowest BCUT2D eigenvalue weighted by Gasteiger charge is -2.10. The summed E-state index contributed by atoms with van der Waals surface area (Å²) in [6.45, 7) is 0. The van der Waals surface area contributed by atoms with Crippen molar-refractivity contribution in [3.8, 4) is 0 Å². The zero-order valence-electron chi connectivity index (χ0n) is 9.09. The van der Waals surface area contributed by atoms with Gasteiger partial charge < -0.3 is 5.73 Å². The highest BCUT2D eigenvalue weighted by Gasteiger charge is 2.13. The van der Waals surface area contributed by atoms with Gasteiger partial charge in [0.25, 0.3) is 0 Å². The molecule has 0 radical (unpaired) electrons. The van der Waals surface area contributed by atoms with Crippen LogP contribution in [0.4, 0.5) is 0 Å². The third-order valence-corrected chi connectivity index (χ3v) is 5.81. The molecule has 1 aromatic heterocycles. The average molecular weight is 386 g/mol. The van der Waals surface area contributed by atoms with E-state index >= 15 is 0 Å². The van der Waals surface area contributed by atoms with E-state index in [2.05, 4.69) is 15.9 Å². The molecule has 96 valence electrons. The molecule has 0 fully saturated rings. The maximum atomic E-state index is 6.15. The normalized spacial score (nSPS) is 12.7. The second-order valence-corrected chi connectivity index (χ2v) is 7.45. The molecule has 1 atom stereocenters. The fraction of sp³-hybridized carbons (Fsp3) is 0.167.